The lowest BCUT2D eigenvalue weighted by Gasteiger charge is -2.12. The first-order valence-corrected chi connectivity index (χ1v) is 7.44. The zero-order chi connectivity index (χ0) is 14.5. The molecule has 0 heterocycles. The number of hydrogen-bond acceptors (Lipinski definition) is 2. The molecule has 2 aromatic carbocycles. The predicted octanol–water partition coefficient (Wildman–Crippen LogP) is 5.16. The van der Waals surface area contributed by atoms with Crippen molar-refractivity contribution in [3.63, 3.8) is 0 Å². The Morgan fingerprint density at radius 1 is 1.05 bits per heavy atom. The van der Waals surface area contributed by atoms with E-state index in [0.717, 1.165) is 21.5 Å². The maximum absolute atomic E-state index is 5.82. The average Bonchev–Trinajstić information content (AvgIpc) is 2.45. The number of halogens is 1. The molecule has 0 amide bonds. The van der Waals surface area contributed by atoms with E-state index in [-0.39, 0.29) is 0 Å². The average molecular weight is 335 g/mol. The third kappa shape index (κ3) is 3.76. The summed E-state index contributed by atoms with van der Waals surface area (Å²) in [6, 6.07) is 14.2. The van der Waals surface area contributed by atoms with Crippen molar-refractivity contribution in [1.82, 2.24) is 0 Å². The maximum atomic E-state index is 5.82. The fraction of sp³-hybridized carbons (Fsp3) is 0.294. The molecule has 20 heavy (non-hydrogen) atoms. The van der Waals surface area contributed by atoms with E-state index in [4.69, 9.17) is 9.47 Å². The molecular weight excluding hydrogens is 316 g/mol. The van der Waals surface area contributed by atoms with Crippen molar-refractivity contribution in [3.8, 4) is 11.5 Å². The summed E-state index contributed by atoms with van der Waals surface area (Å²) in [5.74, 6) is 2.25. The van der Waals surface area contributed by atoms with Gasteiger partial charge in [0.2, 0.25) is 0 Å². The van der Waals surface area contributed by atoms with Crippen molar-refractivity contribution in [2.24, 2.45) is 0 Å². The lowest BCUT2D eigenvalue weighted by molar-refractivity contribution is 0.296. The molecule has 0 radical (unpaired) electrons. The smallest absolute Gasteiger partial charge is 0.125 e. The van der Waals surface area contributed by atoms with Crippen molar-refractivity contribution >= 4 is 15.9 Å². The maximum Gasteiger partial charge on any atom is 0.125 e. The number of rotatable bonds is 5. The third-order valence-corrected chi connectivity index (χ3v) is 3.68. The fourth-order valence-electron chi connectivity index (χ4n) is 1.97. The van der Waals surface area contributed by atoms with Gasteiger partial charge in [0.05, 0.1) is 7.11 Å². The molecule has 106 valence electrons. The summed E-state index contributed by atoms with van der Waals surface area (Å²) in [7, 11) is 1.67. The van der Waals surface area contributed by atoms with Crippen LogP contribution in [0.4, 0.5) is 0 Å². The number of methoxy groups -OCH3 is 1. The van der Waals surface area contributed by atoms with Crippen molar-refractivity contribution in [2.45, 2.75) is 26.4 Å². The number of ether oxygens (including phenoxy) is 2. The molecule has 0 spiro atoms. The monoisotopic (exact) mass is 334 g/mol. The molecule has 2 nitrogen and oxygen atoms in total. The fourth-order valence-corrected chi connectivity index (χ4v) is 2.38. The van der Waals surface area contributed by atoms with E-state index >= 15 is 0 Å². The van der Waals surface area contributed by atoms with Crippen LogP contribution >= 0.6 is 15.9 Å². The molecule has 0 aliphatic heterocycles. The van der Waals surface area contributed by atoms with Gasteiger partial charge in [-0.3, -0.25) is 0 Å². The van der Waals surface area contributed by atoms with Crippen LogP contribution in [-0.2, 0) is 6.61 Å². The minimum Gasteiger partial charge on any atom is -0.496 e. The first kappa shape index (κ1) is 14.9. The third-order valence-electron chi connectivity index (χ3n) is 3.18. The Labute approximate surface area is 128 Å². The largest absolute Gasteiger partial charge is 0.496 e. The summed E-state index contributed by atoms with van der Waals surface area (Å²) >= 11 is 3.47. The second kappa shape index (κ2) is 6.80. The summed E-state index contributed by atoms with van der Waals surface area (Å²) in [5, 5.41) is 0. The van der Waals surface area contributed by atoms with E-state index < -0.39 is 0 Å². The van der Waals surface area contributed by atoms with Crippen molar-refractivity contribution in [3.05, 3.63) is 58.1 Å². The van der Waals surface area contributed by atoms with Crippen molar-refractivity contribution in [2.75, 3.05) is 7.11 Å². The topological polar surface area (TPSA) is 18.5 Å². The SMILES string of the molecule is COc1ccc(Br)cc1COc1ccc(C(C)C)cc1. The minimum absolute atomic E-state index is 0.490. The Morgan fingerprint density at radius 3 is 2.35 bits per heavy atom. The van der Waals surface area contributed by atoms with E-state index in [1.807, 2.05) is 30.3 Å². The zero-order valence-corrected chi connectivity index (χ0v) is 13.6. The van der Waals surface area contributed by atoms with Gasteiger partial charge < -0.3 is 9.47 Å². The van der Waals surface area contributed by atoms with Gasteiger partial charge in [-0.05, 0) is 41.8 Å². The first-order valence-electron chi connectivity index (χ1n) is 6.65. The van der Waals surface area contributed by atoms with Crippen LogP contribution in [0, 0.1) is 0 Å². The Morgan fingerprint density at radius 2 is 1.75 bits per heavy atom. The van der Waals surface area contributed by atoms with E-state index in [1.165, 1.54) is 5.56 Å². The first-order chi connectivity index (χ1) is 9.60. The summed E-state index contributed by atoms with van der Waals surface area (Å²) < 4.78 is 12.2. The highest BCUT2D eigenvalue weighted by molar-refractivity contribution is 9.10. The Kier molecular flexibility index (Phi) is 5.07. The molecule has 3 heteroatoms. The van der Waals surface area contributed by atoms with Crippen molar-refractivity contribution < 1.29 is 9.47 Å². The normalized spacial score (nSPS) is 10.7. The van der Waals surface area contributed by atoms with Crippen LogP contribution in [-0.4, -0.2) is 7.11 Å². The highest BCUT2D eigenvalue weighted by atomic mass is 79.9. The molecular formula is C17H19BrO2. The van der Waals surface area contributed by atoms with Crippen LogP contribution in [0.5, 0.6) is 11.5 Å². The Bertz CT molecular complexity index is 562. The lowest BCUT2D eigenvalue weighted by Crippen LogP contribution is -1.99. The van der Waals surface area contributed by atoms with E-state index in [2.05, 4.69) is 41.9 Å². The zero-order valence-electron chi connectivity index (χ0n) is 12.0. The molecule has 0 aliphatic carbocycles. The summed E-state index contributed by atoms with van der Waals surface area (Å²) in [5.41, 5.74) is 2.34. The van der Waals surface area contributed by atoms with E-state index in [0.29, 0.717) is 12.5 Å². The molecule has 0 saturated heterocycles. The molecule has 0 fully saturated rings. The molecule has 0 N–H and O–H groups in total. The number of benzene rings is 2. The van der Waals surface area contributed by atoms with E-state index in [9.17, 15) is 0 Å². The minimum atomic E-state index is 0.490. The molecule has 2 rings (SSSR count). The van der Waals surface area contributed by atoms with Crippen LogP contribution in [0.2, 0.25) is 0 Å². The number of hydrogen-bond donors (Lipinski definition) is 0. The van der Waals surface area contributed by atoms with Crippen LogP contribution in [0.1, 0.15) is 30.9 Å². The molecule has 2 aromatic rings. The molecule has 0 atom stereocenters. The highest BCUT2D eigenvalue weighted by Crippen LogP contribution is 2.25. The van der Waals surface area contributed by atoms with Gasteiger partial charge >= 0.3 is 0 Å². The van der Waals surface area contributed by atoms with Crippen molar-refractivity contribution in [1.29, 1.82) is 0 Å². The van der Waals surface area contributed by atoms with Gasteiger partial charge in [0, 0.05) is 10.0 Å². The van der Waals surface area contributed by atoms with Crippen LogP contribution in [0.15, 0.2) is 46.9 Å². The van der Waals surface area contributed by atoms with Gasteiger partial charge in [-0.15, -0.1) is 0 Å². The highest BCUT2D eigenvalue weighted by Gasteiger charge is 2.05. The van der Waals surface area contributed by atoms with Crippen LogP contribution in [0.25, 0.3) is 0 Å². The van der Waals surface area contributed by atoms with Gasteiger partial charge in [-0.2, -0.15) is 0 Å². The molecule has 0 bridgehead atoms. The predicted molar refractivity (Wildman–Crippen MR) is 85.6 cm³/mol. The quantitative estimate of drug-likeness (QED) is 0.751. The van der Waals surface area contributed by atoms with Gasteiger partial charge in [0.15, 0.2) is 0 Å². The second-order valence-corrected chi connectivity index (χ2v) is 5.88. The molecule has 0 aliphatic rings. The van der Waals surface area contributed by atoms with Gasteiger partial charge in [0.25, 0.3) is 0 Å². The second-order valence-electron chi connectivity index (χ2n) is 4.97. The van der Waals surface area contributed by atoms with Gasteiger partial charge in [0.1, 0.15) is 18.1 Å². The Balaban J connectivity index is 2.06. The van der Waals surface area contributed by atoms with Crippen LogP contribution in [0.3, 0.4) is 0 Å². The van der Waals surface area contributed by atoms with Gasteiger partial charge in [-0.25, -0.2) is 0 Å². The summed E-state index contributed by atoms with van der Waals surface area (Å²) in [6.07, 6.45) is 0. The standard InChI is InChI=1S/C17H19BrO2/c1-12(2)13-4-7-16(8-5-13)20-11-14-10-15(18)6-9-17(14)19-3/h4-10,12H,11H2,1-3H3. The lowest BCUT2D eigenvalue weighted by atomic mass is 10.0. The molecule has 0 unspecified atom stereocenters. The summed E-state index contributed by atoms with van der Waals surface area (Å²) in [4.78, 5) is 0. The molecule has 0 saturated carbocycles. The molecule has 0 aromatic heterocycles. The Hall–Kier alpha value is -1.48. The van der Waals surface area contributed by atoms with E-state index in [1.54, 1.807) is 7.11 Å². The van der Waals surface area contributed by atoms with Crippen LogP contribution < -0.4 is 9.47 Å². The summed E-state index contributed by atoms with van der Waals surface area (Å²) in [6.45, 7) is 4.86. The van der Waals surface area contributed by atoms with Gasteiger partial charge in [-0.1, -0.05) is 41.9 Å².